The molecule has 0 aliphatic rings. The first-order valence-corrected chi connectivity index (χ1v) is 7.76. The summed E-state index contributed by atoms with van der Waals surface area (Å²) in [7, 11) is -3.45. The molecule has 0 saturated carbocycles. The van der Waals surface area contributed by atoms with Crippen LogP contribution in [0, 0.1) is 6.92 Å². The highest BCUT2D eigenvalue weighted by atomic mass is 32.2. The lowest BCUT2D eigenvalue weighted by atomic mass is 10.2. The van der Waals surface area contributed by atoms with E-state index in [1.807, 2.05) is 13.8 Å². The Balaban J connectivity index is 2.79. The van der Waals surface area contributed by atoms with Gasteiger partial charge in [-0.15, -0.1) is 0 Å². The largest absolute Gasteiger partial charge is 0.399 e. The highest BCUT2D eigenvalue weighted by Crippen LogP contribution is 2.19. The molecule has 0 unspecified atom stereocenters. The Hall–Kier alpha value is -1.56. The Kier molecular flexibility index (Phi) is 4.94. The van der Waals surface area contributed by atoms with Crippen LogP contribution in [0.4, 0.5) is 5.69 Å². The van der Waals surface area contributed by atoms with Crippen molar-refractivity contribution >= 4 is 21.4 Å². The maximum absolute atomic E-state index is 12.1. The number of sulfone groups is 1. The molecular weight excluding hydrogens is 264 g/mol. The molecule has 1 rings (SSSR count). The molecule has 3 N–H and O–H groups in total. The predicted octanol–water partition coefficient (Wildman–Crippen LogP) is 1.27. The van der Waals surface area contributed by atoms with Crippen LogP contribution in [0.25, 0.3) is 0 Å². The van der Waals surface area contributed by atoms with Crippen LogP contribution in [0.3, 0.4) is 0 Å². The van der Waals surface area contributed by atoms with Gasteiger partial charge in [-0.2, -0.15) is 0 Å². The van der Waals surface area contributed by atoms with Gasteiger partial charge < -0.3 is 11.1 Å². The van der Waals surface area contributed by atoms with Crippen molar-refractivity contribution in [1.82, 2.24) is 5.32 Å². The van der Waals surface area contributed by atoms with Crippen LogP contribution in [0.2, 0.25) is 0 Å². The van der Waals surface area contributed by atoms with Crippen molar-refractivity contribution in [3.8, 4) is 0 Å². The number of carbonyl (C=O) groups excluding carboxylic acids is 1. The molecule has 0 fully saturated rings. The highest BCUT2D eigenvalue weighted by molar-refractivity contribution is 7.91. The van der Waals surface area contributed by atoms with Gasteiger partial charge in [0.1, 0.15) is 0 Å². The minimum absolute atomic E-state index is 0.00784. The summed E-state index contributed by atoms with van der Waals surface area (Å²) in [5, 5.41) is 2.67. The fraction of sp³-hybridized carbons (Fsp3) is 0.462. The average molecular weight is 284 g/mol. The summed E-state index contributed by atoms with van der Waals surface area (Å²) >= 11 is 0. The first-order valence-electron chi connectivity index (χ1n) is 6.10. The second-order valence-electron chi connectivity index (χ2n) is 4.82. The van der Waals surface area contributed by atoms with Crippen LogP contribution in [0.15, 0.2) is 23.1 Å². The standard InChI is InChI=1S/C13H20N2O3S/c1-9(2)15-13(16)6-7-19(17,18)12-5-4-11(14)8-10(12)3/h4-5,8-9H,6-7,14H2,1-3H3,(H,15,16). The average Bonchev–Trinajstić information content (AvgIpc) is 2.25. The van der Waals surface area contributed by atoms with Gasteiger partial charge in [0, 0.05) is 18.2 Å². The Morgan fingerprint density at radius 2 is 2.00 bits per heavy atom. The molecule has 0 aliphatic carbocycles. The summed E-state index contributed by atoms with van der Waals surface area (Å²) in [5.41, 5.74) is 6.71. The van der Waals surface area contributed by atoms with E-state index < -0.39 is 9.84 Å². The lowest BCUT2D eigenvalue weighted by Gasteiger charge is -2.10. The Bertz CT molecular complexity index is 565. The van der Waals surface area contributed by atoms with Gasteiger partial charge in [-0.3, -0.25) is 4.79 Å². The number of rotatable bonds is 5. The first kappa shape index (κ1) is 15.5. The van der Waals surface area contributed by atoms with E-state index in [-0.39, 0.29) is 29.0 Å². The molecule has 0 radical (unpaired) electrons. The summed E-state index contributed by atoms with van der Waals surface area (Å²) in [6.45, 7) is 5.35. The van der Waals surface area contributed by atoms with Crippen LogP contribution in [-0.2, 0) is 14.6 Å². The van der Waals surface area contributed by atoms with Crippen molar-refractivity contribution in [3.05, 3.63) is 23.8 Å². The van der Waals surface area contributed by atoms with E-state index in [4.69, 9.17) is 5.73 Å². The second-order valence-corrected chi connectivity index (χ2v) is 6.89. The topological polar surface area (TPSA) is 89.3 Å². The number of nitrogen functional groups attached to an aromatic ring is 1. The lowest BCUT2D eigenvalue weighted by molar-refractivity contribution is -0.121. The van der Waals surface area contributed by atoms with Gasteiger partial charge in [0.05, 0.1) is 10.6 Å². The number of anilines is 1. The van der Waals surface area contributed by atoms with Gasteiger partial charge in [0.15, 0.2) is 9.84 Å². The molecule has 1 aromatic rings. The molecule has 0 aliphatic heterocycles. The monoisotopic (exact) mass is 284 g/mol. The molecule has 5 nitrogen and oxygen atoms in total. The molecule has 1 amide bonds. The van der Waals surface area contributed by atoms with E-state index in [1.165, 1.54) is 6.07 Å². The fourth-order valence-corrected chi connectivity index (χ4v) is 3.25. The van der Waals surface area contributed by atoms with Crippen molar-refractivity contribution in [1.29, 1.82) is 0 Å². The molecule has 0 saturated heterocycles. The minimum Gasteiger partial charge on any atom is -0.399 e. The molecule has 106 valence electrons. The maximum atomic E-state index is 12.1. The van der Waals surface area contributed by atoms with Crippen molar-refractivity contribution in [3.63, 3.8) is 0 Å². The number of hydrogen-bond acceptors (Lipinski definition) is 4. The van der Waals surface area contributed by atoms with E-state index in [0.29, 0.717) is 11.3 Å². The quantitative estimate of drug-likeness (QED) is 0.797. The first-order chi connectivity index (χ1) is 8.72. The van der Waals surface area contributed by atoms with E-state index in [9.17, 15) is 13.2 Å². The molecule has 19 heavy (non-hydrogen) atoms. The Labute approximate surface area is 114 Å². The lowest BCUT2D eigenvalue weighted by Crippen LogP contribution is -2.31. The second kappa shape index (κ2) is 6.06. The van der Waals surface area contributed by atoms with Crippen molar-refractivity contribution in [2.75, 3.05) is 11.5 Å². The zero-order valence-electron chi connectivity index (χ0n) is 11.4. The Morgan fingerprint density at radius 3 is 2.53 bits per heavy atom. The van der Waals surface area contributed by atoms with E-state index in [1.54, 1.807) is 19.1 Å². The third kappa shape index (κ3) is 4.55. The maximum Gasteiger partial charge on any atom is 0.221 e. The van der Waals surface area contributed by atoms with Gasteiger partial charge in [-0.05, 0) is 44.5 Å². The number of carbonyl (C=O) groups is 1. The fourth-order valence-electron chi connectivity index (χ4n) is 1.75. The molecular formula is C13H20N2O3S. The molecule has 0 atom stereocenters. The third-order valence-corrected chi connectivity index (χ3v) is 4.45. The summed E-state index contributed by atoms with van der Waals surface area (Å²) in [6, 6.07) is 4.66. The minimum atomic E-state index is -3.45. The van der Waals surface area contributed by atoms with Crippen molar-refractivity contribution in [2.24, 2.45) is 0 Å². The smallest absolute Gasteiger partial charge is 0.221 e. The molecule has 1 aromatic carbocycles. The van der Waals surface area contributed by atoms with Crippen LogP contribution in [-0.4, -0.2) is 26.1 Å². The highest BCUT2D eigenvalue weighted by Gasteiger charge is 2.18. The van der Waals surface area contributed by atoms with Crippen LogP contribution >= 0.6 is 0 Å². The van der Waals surface area contributed by atoms with E-state index in [2.05, 4.69) is 5.32 Å². The van der Waals surface area contributed by atoms with E-state index in [0.717, 1.165) is 0 Å². The predicted molar refractivity (Wildman–Crippen MR) is 75.5 cm³/mol. The summed E-state index contributed by atoms with van der Waals surface area (Å²) in [5.74, 6) is -0.456. The number of aryl methyl sites for hydroxylation is 1. The molecule has 0 aromatic heterocycles. The van der Waals surface area contributed by atoms with Crippen molar-refractivity contribution < 1.29 is 13.2 Å². The van der Waals surface area contributed by atoms with E-state index >= 15 is 0 Å². The van der Waals surface area contributed by atoms with Crippen molar-refractivity contribution in [2.45, 2.75) is 38.1 Å². The summed E-state index contributed by atoms with van der Waals surface area (Å²) < 4.78 is 24.3. The molecule has 0 heterocycles. The number of hydrogen-bond donors (Lipinski definition) is 2. The van der Waals surface area contributed by atoms with Gasteiger partial charge in [0.2, 0.25) is 5.91 Å². The van der Waals surface area contributed by atoms with Crippen LogP contribution in [0.1, 0.15) is 25.8 Å². The summed E-state index contributed by atoms with van der Waals surface area (Å²) in [6.07, 6.45) is -0.0374. The molecule has 0 bridgehead atoms. The summed E-state index contributed by atoms with van der Waals surface area (Å²) in [4.78, 5) is 11.7. The molecule has 6 heteroatoms. The number of amides is 1. The van der Waals surface area contributed by atoms with Gasteiger partial charge in [0.25, 0.3) is 0 Å². The number of nitrogens with one attached hydrogen (secondary N) is 1. The number of nitrogens with two attached hydrogens (primary N) is 1. The zero-order chi connectivity index (χ0) is 14.6. The van der Waals surface area contributed by atoms with Gasteiger partial charge in [-0.25, -0.2) is 8.42 Å². The van der Waals surface area contributed by atoms with Crippen LogP contribution < -0.4 is 11.1 Å². The normalized spacial score (nSPS) is 11.6. The zero-order valence-corrected chi connectivity index (χ0v) is 12.3. The number of benzene rings is 1. The van der Waals surface area contributed by atoms with Crippen LogP contribution in [0.5, 0.6) is 0 Å². The van der Waals surface area contributed by atoms with Gasteiger partial charge in [-0.1, -0.05) is 0 Å². The Morgan fingerprint density at radius 1 is 1.37 bits per heavy atom. The molecule has 0 spiro atoms. The third-order valence-electron chi connectivity index (χ3n) is 2.58. The SMILES string of the molecule is Cc1cc(N)ccc1S(=O)(=O)CCC(=O)NC(C)C. The van der Waals surface area contributed by atoms with Gasteiger partial charge >= 0.3 is 0 Å².